The molecule has 0 unspecified atom stereocenters. The number of aliphatic hydroxyl groups is 3. The third-order valence-corrected chi connectivity index (χ3v) is 8.26. The Kier molecular flexibility index (Phi) is 8.01. The fourth-order valence-electron chi connectivity index (χ4n) is 5.64. The molecule has 3 rings (SSSR count). The summed E-state index contributed by atoms with van der Waals surface area (Å²) in [5.41, 5.74) is 4.12. The van der Waals surface area contributed by atoms with Crippen molar-refractivity contribution in [3.63, 3.8) is 0 Å². The van der Waals surface area contributed by atoms with E-state index in [2.05, 4.69) is 31.7 Å². The molecule has 0 aromatic heterocycles. The molecule has 3 N–H and O–H groups in total. The normalized spacial score (nSPS) is 34.3. The van der Waals surface area contributed by atoms with E-state index in [1.54, 1.807) is 0 Å². The summed E-state index contributed by atoms with van der Waals surface area (Å²) in [5.74, 6) is 0.492. The van der Waals surface area contributed by atoms with Crippen LogP contribution in [0.5, 0.6) is 0 Å². The van der Waals surface area contributed by atoms with Gasteiger partial charge in [0.2, 0.25) is 0 Å². The number of hydrogen-bond donors (Lipinski definition) is 3. The first kappa shape index (κ1) is 24.4. The summed E-state index contributed by atoms with van der Waals surface area (Å²) in [5, 5.41) is 30.6. The standard InChI is InChI=1S/C27H42O4/c1-5-27(30,6-2)14-15-31-18-22-11-12-24-20(8-7-13-26(22,24)4)9-10-21-16-23(28)17-25(29)19(21)3/h9-11,23-25,28-30H,3,5-8,12-18H2,1-2,4H3/b20-9+,21-10-/t23-,24+,25+,26-/m1/s1. The second kappa shape index (κ2) is 10.2. The predicted octanol–water partition coefficient (Wildman–Crippen LogP) is 5.01. The minimum absolute atomic E-state index is 0.136. The molecule has 4 heteroatoms. The number of aliphatic hydroxyl groups excluding tert-OH is 2. The van der Waals surface area contributed by atoms with Crippen LogP contribution in [0.3, 0.4) is 0 Å². The zero-order valence-corrected chi connectivity index (χ0v) is 19.7. The van der Waals surface area contributed by atoms with Crippen LogP contribution in [0.4, 0.5) is 0 Å². The minimum Gasteiger partial charge on any atom is -0.393 e. The van der Waals surface area contributed by atoms with E-state index in [0.29, 0.717) is 38.4 Å². The van der Waals surface area contributed by atoms with Gasteiger partial charge in [0.05, 0.1) is 24.4 Å². The first-order valence-electron chi connectivity index (χ1n) is 12.2. The van der Waals surface area contributed by atoms with Crippen LogP contribution in [0, 0.1) is 11.3 Å². The lowest BCUT2D eigenvalue weighted by Gasteiger charge is -2.41. The number of ether oxygens (including phenoxy) is 1. The third-order valence-electron chi connectivity index (χ3n) is 8.26. The summed E-state index contributed by atoms with van der Waals surface area (Å²) >= 11 is 0. The topological polar surface area (TPSA) is 69.9 Å². The molecule has 4 nitrogen and oxygen atoms in total. The maximum absolute atomic E-state index is 10.5. The molecule has 0 aromatic rings. The summed E-state index contributed by atoms with van der Waals surface area (Å²) in [6.07, 6.45) is 13.2. The van der Waals surface area contributed by atoms with Crippen LogP contribution in [0.15, 0.2) is 47.1 Å². The molecule has 0 aromatic carbocycles. The highest BCUT2D eigenvalue weighted by molar-refractivity contribution is 5.40. The summed E-state index contributed by atoms with van der Waals surface area (Å²) in [7, 11) is 0. The fraction of sp³-hybridized carbons (Fsp3) is 0.704. The monoisotopic (exact) mass is 430 g/mol. The molecule has 2 fully saturated rings. The lowest BCUT2D eigenvalue weighted by atomic mass is 9.64. The quantitative estimate of drug-likeness (QED) is 0.374. The van der Waals surface area contributed by atoms with Gasteiger partial charge in [-0.05, 0) is 79.4 Å². The van der Waals surface area contributed by atoms with Gasteiger partial charge in [0.1, 0.15) is 0 Å². The second-order valence-electron chi connectivity index (χ2n) is 10.1. The number of rotatable bonds is 8. The SMILES string of the molecule is C=C1/C(=C\C=C2/CCC[C@]3(C)C(COCCC(O)(CC)CC)=CC[C@@H]23)C[C@@H](O)C[C@@H]1O. The van der Waals surface area contributed by atoms with Crippen LogP contribution in [0.1, 0.15) is 78.6 Å². The Bertz CT molecular complexity index is 742. The van der Waals surface area contributed by atoms with Gasteiger partial charge in [-0.15, -0.1) is 0 Å². The number of hydrogen-bond acceptors (Lipinski definition) is 4. The average molecular weight is 431 g/mol. The highest BCUT2D eigenvalue weighted by atomic mass is 16.5. The molecule has 0 heterocycles. The van der Waals surface area contributed by atoms with Gasteiger partial charge in [-0.2, -0.15) is 0 Å². The second-order valence-corrected chi connectivity index (χ2v) is 10.1. The highest BCUT2D eigenvalue weighted by Crippen LogP contribution is 2.54. The third kappa shape index (κ3) is 5.42. The van der Waals surface area contributed by atoms with E-state index in [4.69, 9.17) is 4.74 Å². The summed E-state index contributed by atoms with van der Waals surface area (Å²) in [6, 6.07) is 0. The van der Waals surface area contributed by atoms with Crippen molar-refractivity contribution >= 4 is 0 Å². The summed E-state index contributed by atoms with van der Waals surface area (Å²) < 4.78 is 6.03. The fourth-order valence-corrected chi connectivity index (χ4v) is 5.64. The molecule has 3 aliphatic rings. The van der Waals surface area contributed by atoms with Crippen molar-refractivity contribution in [2.45, 2.75) is 96.4 Å². The van der Waals surface area contributed by atoms with Crippen molar-refractivity contribution in [1.82, 2.24) is 0 Å². The molecule has 0 spiro atoms. The molecule has 0 aliphatic heterocycles. The van der Waals surface area contributed by atoms with E-state index >= 15 is 0 Å². The minimum atomic E-state index is -0.639. The molecule has 3 aliphatic carbocycles. The zero-order valence-electron chi connectivity index (χ0n) is 19.7. The van der Waals surface area contributed by atoms with Crippen molar-refractivity contribution in [2.75, 3.05) is 13.2 Å². The van der Waals surface area contributed by atoms with E-state index < -0.39 is 17.8 Å². The van der Waals surface area contributed by atoms with Gasteiger partial charge in [0.25, 0.3) is 0 Å². The summed E-state index contributed by atoms with van der Waals surface area (Å²) in [6.45, 7) is 11.7. The van der Waals surface area contributed by atoms with E-state index in [0.717, 1.165) is 43.3 Å². The van der Waals surface area contributed by atoms with Crippen molar-refractivity contribution < 1.29 is 20.1 Å². The highest BCUT2D eigenvalue weighted by Gasteiger charge is 2.44. The van der Waals surface area contributed by atoms with Gasteiger partial charge in [-0.25, -0.2) is 0 Å². The van der Waals surface area contributed by atoms with E-state index in [-0.39, 0.29) is 5.41 Å². The molecular weight excluding hydrogens is 388 g/mol. The van der Waals surface area contributed by atoms with Crippen LogP contribution >= 0.6 is 0 Å². The van der Waals surface area contributed by atoms with Gasteiger partial charge < -0.3 is 20.1 Å². The first-order valence-corrected chi connectivity index (χ1v) is 12.2. The molecule has 31 heavy (non-hydrogen) atoms. The van der Waals surface area contributed by atoms with Gasteiger partial charge in [0.15, 0.2) is 0 Å². The van der Waals surface area contributed by atoms with E-state index in [1.165, 1.54) is 17.6 Å². The van der Waals surface area contributed by atoms with Crippen LogP contribution in [0.2, 0.25) is 0 Å². The van der Waals surface area contributed by atoms with Crippen LogP contribution in [0.25, 0.3) is 0 Å². The maximum Gasteiger partial charge on any atom is 0.0811 e. The number of fused-ring (bicyclic) bond motifs is 1. The first-order chi connectivity index (χ1) is 14.7. The van der Waals surface area contributed by atoms with Crippen LogP contribution in [-0.2, 0) is 4.74 Å². The van der Waals surface area contributed by atoms with Gasteiger partial charge in [-0.1, -0.05) is 51.2 Å². The Morgan fingerprint density at radius 3 is 2.71 bits per heavy atom. The van der Waals surface area contributed by atoms with Crippen molar-refractivity contribution in [1.29, 1.82) is 0 Å². The summed E-state index contributed by atoms with van der Waals surface area (Å²) in [4.78, 5) is 0. The number of allylic oxidation sites excluding steroid dienone is 4. The van der Waals surface area contributed by atoms with E-state index in [1.807, 2.05) is 13.8 Å². The van der Waals surface area contributed by atoms with Crippen molar-refractivity contribution in [3.05, 3.63) is 47.1 Å². The Morgan fingerprint density at radius 2 is 2.00 bits per heavy atom. The molecule has 2 saturated carbocycles. The Labute approximate surface area is 188 Å². The predicted molar refractivity (Wildman–Crippen MR) is 126 cm³/mol. The Balaban J connectivity index is 1.63. The largest absolute Gasteiger partial charge is 0.393 e. The smallest absolute Gasteiger partial charge is 0.0811 e. The zero-order chi connectivity index (χ0) is 22.6. The molecule has 0 bridgehead atoms. The molecule has 0 radical (unpaired) electrons. The Hall–Kier alpha value is -1.20. The van der Waals surface area contributed by atoms with Gasteiger partial charge >= 0.3 is 0 Å². The lowest BCUT2D eigenvalue weighted by molar-refractivity contribution is -0.00490. The van der Waals surface area contributed by atoms with Crippen molar-refractivity contribution in [2.24, 2.45) is 11.3 Å². The van der Waals surface area contributed by atoms with Crippen LogP contribution < -0.4 is 0 Å². The molecule has 0 saturated heterocycles. The van der Waals surface area contributed by atoms with E-state index in [9.17, 15) is 15.3 Å². The van der Waals surface area contributed by atoms with Crippen molar-refractivity contribution in [3.8, 4) is 0 Å². The van der Waals surface area contributed by atoms with Gasteiger partial charge in [-0.3, -0.25) is 0 Å². The van der Waals surface area contributed by atoms with Crippen LogP contribution in [-0.4, -0.2) is 46.3 Å². The molecule has 0 amide bonds. The average Bonchev–Trinajstić information content (AvgIpc) is 3.09. The van der Waals surface area contributed by atoms with Gasteiger partial charge in [0, 0.05) is 13.0 Å². The molecule has 174 valence electrons. The molecular formula is C27H42O4. The molecule has 4 atom stereocenters. The maximum atomic E-state index is 10.5. The lowest BCUT2D eigenvalue weighted by Crippen LogP contribution is -2.32. The Morgan fingerprint density at radius 1 is 1.26 bits per heavy atom.